The van der Waals surface area contributed by atoms with E-state index in [1.54, 1.807) is 24.3 Å². The molecule has 230 valence electrons. The van der Waals surface area contributed by atoms with Gasteiger partial charge in [0.25, 0.3) is 20.1 Å². The zero-order valence-electron chi connectivity index (χ0n) is 25.8. The smallest absolute Gasteiger partial charge is 0.407 e. The van der Waals surface area contributed by atoms with Gasteiger partial charge in [-0.05, 0) is 45.9 Å². The van der Waals surface area contributed by atoms with Crippen molar-refractivity contribution in [1.29, 1.82) is 0 Å². The molecule has 4 aromatic rings. The van der Waals surface area contributed by atoms with Gasteiger partial charge in [-0.25, -0.2) is 4.79 Å². The maximum Gasteiger partial charge on any atom is 0.407 e. The highest BCUT2D eigenvalue weighted by atomic mass is 28.4. The number of fused-ring (bicyclic) bond motifs is 1. The lowest BCUT2D eigenvalue weighted by molar-refractivity contribution is 0.0577. The third kappa shape index (κ3) is 5.83. The number of imide groups is 1. The summed E-state index contributed by atoms with van der Waals surface area (Å²) in [5.74, 6) is -0.616. The molecule has 3 amide bonds. The Morgan fingerprint density at radius 2 is 1.24 bits per heavy atom. The zero-order valence-corrected chi connectivity index (χ0v) is 26.8. The van der Waals surface area contributed by atoms with Crippen molar-refractivity contribution in [3.8, 4) is 0 Å². The van der Waals surface area contributed by atoms with Gasteiger partial charge in [0.05, 0.1) is 23.3 Å². The molecule has 0 radical (unpaired) electrons. The van der Waals surface area contributed by atoms with Crippen LogP contribution in [0.3, 0.4) is 0 Å². The summed E-state index contributed by atoms with van der Waals surface area (Å²) in [6, 6.07) is 36.1. The fraction of sp³-hybridized carbons (Fsp3) is 0.270. The lowest BCUT2D eigenvalue weighted by Crippen LogP contribution is -2.68. The molecule has 1 unspecified atom stereocenters. The summed E-state index contributed by atoms with van der Waals surface area (Å²) >= 11 is 0. The monoisotopic (exact) mass is 618 g/mol. The molecule has 1 saturated carbocycles. The van der Waals surface area contributed by atoms with Gasteiger partial charge < -0.3 is 14.5 Å². The van der Waals surface area contributed by atoms with Crippen LogP contribution < -0.4 is 15.7 Å². The van der Waals surface area contributed by atoms with Gasteiger partial charge in [0.15, 0.2) is 0 Å². The summed E-state index contributed by atoms with van der Waals surface area (Å²) in [6.45, 7) is 6.73. The summed E-state index contributed by atoms with van der Waals surface area (Å²) in [6.07, 6.45) is -0.313. The molecule has 6 rings (SSSR count). The van der Waals surface area contributed by atoms with Crippen molar-refractivity contribution < 1.29 is 23.5 Å². The second-order valence-electron chi connectivity index (χ2n) is 12.8. The molecule has 0 saturated heterocycles. The molecule has 8 heteroatoms. The fourth-order valence-corrected chi connectivity index (χ4v) is 11.6. The van der Waals surface area contributed by atoms with E-state index in [0.29, 0.717) is 24.0 Å². The highest BCUT2D eigenvalue weighted by Gasteiger charge is 2.55. The number of hydrogen-bond acceptors (Lipinski definition) is 5. The second kappa shape index (κ2) is 12.5. The molecular weight excluding hydrogens is 581 g/mol. The average molecular weight is 619 g/mol. The zero-order chi connectivity index (χ0) is 31.6. The van der Waals surface area contributed by atoms with Crippen LogP contribution in [0.15, 0.2) is 115 Å². The van der Waals surface area contributed by atoms with Crippen LogP contribution in [0.4, 0.5) is 4.79 Å². The molecule has 1 fully saturated rings. The van der Waals surface area contributed by atoms with Gasteiger partial charge in [0.1, 0.15) is 6.61 Å². The van der Waals surface area contributed by atoms with Gasteiger partial charge >= 0.3 is 6.09 Å². The minimum Gasteiger partial charge on any atom is -0.445 e. The van der Waals surface area contributed by atoms with E-state index in [1.165, 1.54) is 4.90 Å². The first-order valence-electron chi connectivity index (χ1n) is 15.4. The molecule has 0 bridgehead atoms. The highest BCUT2D eigenvalue weighted by Crippen LogP contribution is 2.41. The minimum atomic E-state index is -3.03. The minimum absolute atomic E-state index is 0.126. The summed E-state index contributed by atoms with van der Waals surface area (Å²) in [5.41, 5.74) is 1.69. The number of nitrogens with zero attached hydrogens (tertiary/aromatic N) is 1. The first kappa shape index (κ1) is 30.5. The number of hydrogen-bond donors (Lipinski definition) is 1. The van der Waals surface area contributed by atoms with E-state index in [9.17, 15) is 14.4 Å². The third-order valence-electron chi connectivity index (χ3n) is 8.93. The van der Waals surface area contributed by atoms with E-state index < -0.39 is 32.6 Å². The number of rotatable bonds is 8. The maximum atomic E-state index is 13.5. The number of carbonyl (C=O) groups excluding carboxylic acids is 3. The summed E-state index contributed by atoms with van der Waals surface area (Å²) < 4.78 is 13.1. The van der Waals surface area contributed by atoms with Crippen LogP contribution in [0.2, 0.25) is 5.04 Å². The Hall–Kier alpha value is -4.53. The molecule has 7 nitrogen and oxygen atoms in total. The van der Waals surface area contributed by atoms with Crippen molar-refractivity contribution in [3.05, 3.63) is 132 Å². The predicted molar refractivity (Wildman–Crippen MR) is 176 cm³/mol. The summed E-state index contributed by atoms with van der Waals surface area (Å²) in [5, 5.41) is 4.98. The van der Waals surface area contributed by atoms with Gasteiger partial charge in [-0.15, -0.1) is 0 Å². The Balaban J connectivity index is 1.35. The molecule has 1 heterocycles. The number of amides is 3. The molecule has 2 aliphatic rings. The van der Waals surface area contributed by atoms with Crippen molar-refractivity contribution in [2.45, 2.75) is 63.4 Å². The summed E-state index contributed by atoms with van der Waals surface area (Å²) in [7, 11) is -3.03. The van der Waals surface area contributed by atoms with Crippen LogP contribution in [-0.2, 0) is 15.8 Å². The van der Waals surface area contributed by atoms with Crippen molar-refractivity contribution in [2.24, 2.45) is 0 Å². The number of alkyl carbamates (subject to hydrolysis) is 1. The lowest BCUT2D eigenvalue weighted by atomic mass is 10.1. The van der Waals surface area contributed by atoms with Crippen LogP contribution in [-0.4, -0.2) is 49.3 Å². The maximum absolute atomic E-state index is 13.5. The molecule has 1 N–H and O–H groups in total. The highest BCUT2D eigenvalue weighted by molar-refractivity contribution is 6.99. The van der Waals surface area contributed by atoms with Gasteiger partial charge in [0.2, 0.25) is 0 Å². The fourth-order valence-electron chi connectivity index (χ4n) is 6.84. The van der Waals surface area contributed by atoms with Crippen molar-refractivity contribution >= 4 is 36.6 Å². The Bertz CT molecular complexity index is 1600. The Morgan fingerprint density at radius 3 is 1.76 bits per heavy atom. The van der Waals surface area contributed by atoms with Crippen LogP contribution in [0.1, 0.15) is 59.9 Å². The molecule has 1 aliphatic carbocycles. The van der Waals surface area contributed by atoms with E-state index in [0.717, 1.165) is 15.9 Å². The first-order chi connectivity index (χ1) is 21.7. The molecule has 1 aliphatic heterocycles. The number of ether oxygens (including phenoxy) is 1. The molecule has 0 aromatic heterocycles. The average Bonchev–Trinajstić information content (AvgIpc) is 3.55. The van der Waals surface area contributed by atoms with Crippen LogP contribution >= 0.6 is 0 Å². The quantitative estimate of drug-likeness (QED) is 0.203. The molecular formula is C37H38N2O5Si. The van der Waals surface area contributed by atoms with E-state index in [1.807, 2.05) is 66.7 Å². The molecule has 0 spiro atoms. The van der Waals surface area contributed by atoms with Crippen molar-refractivity contribution in [1.82, 2.24) is 10.2 Å². The van der Waals surface area contributed by atoms with Crippen LogP contribution in [0, 0.1) is 0 Å². The van der Waals surface area contributed by atoms with Crippen molar-refractivity contribution in [3.63, 3.8) is 0 Å². The van der Waals surface area contributed by atoms with E-state index in [2.05, 4.69) is 50.4 Å². The van der Waals surface area contributed by atoms with E-state index in [-0.39, 0.29) is 23.5 Å². The number of benzene rings is 4. The second-order valence-corrected chi connectivity index (χ2v) is 17.0. The predicted octanol–water partition coefficient (Wildman–Crippen LogP) is 5.69. The normalized spacial score (nSPS) is 19.8. The van der Waals surface area contributed by atoms with Crippen LogP contribution in [0.5, 0.6) is 0 Å². The van der Waals surface area contributed by atoms with E-state index in [4.69, 9.17) is 9.16 Å². The molecule has 4 aromatic carbocycles. The molecule has 3 atom stereocenters. The SMILES string of the molecule is CC(C)(C)[Si](O[C@H]1CC(N2C(=O)c3ccccc3C2=O)C[C@@H]1NC(=O)OCc1ccccc1)(c1ccccc1)c1ccccc1. The summed E-state index contributed by atoms with van der Waals surface area (Å²) in [4.78, 5) is 41.7. The van der Waals surface area contributed by atoms with Gasteiger partial charge in [0, 0.05) is 6.04 Å². The lowest BCUT2D eigenvalue weighted by Gasteiger charge is -2.45. The third-order valence-corrected chi connectivity index (χ3v) is 14.0. The van der Waals surface area contributed by atoms with Gasteiger partial charge in [-0.2, -0.15) is 0 Å². The Labute approximate surface area is 265 Å². The Kier molecular flexibility index (Phi) is 8.44. The van der Waals surface area contributed by atoms with Gasteiger partial charge in [-0.1, -0.05) is 124 Å². The van der Waals surface area contributed by atoms with Gasteiger partial charge in [-0.3, -0.25) is 14.5 Å². The van der Waals surface area contributed by atoms with Crippen LogP contribution in [0.25, 0.3) is 0 Å². The Morgan fingerprint density at radius 1 is 0.756 bits per heavy atom. The molecule has 45 heavy (non-hydrogen) atoms. The first-order valence-corrected chi connectivity index (χ1v) is 17.3. The topological polar surface area (TPSA) is 84.9 Å². The number of nitrogens with one attached hydrogen (secondary N) is 1. The largest absolute Gasteiger partial charge is 0.445 e. The van der Waals surface area contributed by atoms with Crippen molar-refractivity contribution in [2.75, 3.05) is 0 Å². The standard InChI is InChI=1S/C37H38N2O5Si/c1-37(2,3)45(28-17-9-5-10-18-28,29-19-11-6-12-20-29)44-33-24-27(39-34(40)30-21-13-14-22-31(30)35(39)41)23-32(33)38-36(42)43-25-26-15-7-4-8-16-26/h4-22,27,32-33H,23-25H2,1-3H3,(H,38,42)/t27?,32-,33-/m0/s1. The number of carbonyl (C=O) groups is 3. The van der Waals surface area contributed by atoms with E-state index >= 15 is 0 Å².